The van der Waals surface area contributed by atoms with E-state index < -0.39 is 0 Å². The summed E-state index contributed by atoms with van der Waals surface area (Å²) in [5.74, 6) is 1.42. The van der Waals surface area contributed by atoms with Gasteiger partial charge in [0.25, 0.3) is 0 Å². The Kier molecular flexibility index (Phi) is 7.70. The molecular formula is C28H28ClFN4O2. The Hall–Kier alpha value is -3.71. The summed E-state index contributed by atoms with van der Waals surface area (Å²) in [5, 5.41) is 11.1. The van der Waals surface area contributed by atoms with Crippen LogP contribution in [0.3, 0.4) is 0 Å². The van der Waals surface area contributed by atoms with Gasteiger partial charge in [0.2, 0.25) is 5.91 Å². The number of ether oxygens (including phenoxy) is 1. The molecule has 0 N–H and O–H groups in total. The van der Waals surface area contributed by atoms with E-state index in [0.717, 1.165) is 39.2 Å². The number of piperazine rings is 1. The molecule has 8 heteroatoms. The van der Waals surface area contributed by atoms with E-state index in [1.807, 2.05) is 53.4 Å². The molecule has 1 atom stereocenters. The molecule has 0 saturated carbocycles. The van der Waals surface area contributed by atoms with Crippen LogP contribution in [0.2, 0.25) is 0 Å². The predicted molar refractivity (Wildman–Crippen MR) is 142 cm³/mol. The number of aromatic nitrogens is 2. The molecule has 5 rings (SSSR count). The van der Waals surface area contributed by atoms with Crippen LogP contribution in [0.25, 0.3) is 22.0 Å². The Morgan fingerprint density at radius 1 is 0.972 bits per heavy atom. The standard InChI is InChI=1S/C28H27FN4O2.ClH/c1-19-18-32(26(34)17-20-7-13-23(35-2)14-8-20)15-16-33(19)28-25-6-4-3-5-24(25)27(30-31-28)21-9-11-22(29)12-10-21;/h3-14,19H,15-18H2,1-2H3;1H/t19-;/m0./s1. The normalized spacial score (nSPS) is 15.5. The molecule has 1 fully saturated rings. The predicted octanol–water partition coefficient (Wildman–Crippen LogP) is 5.15. The van der Waals surface area contributed by atoms with Crippen LogP contribution in [-0.2, 0) is 11.2 Å². The summed E-state index contributed by atoms with van der Waals surface area (Å²) in [6.45, 7) is 4.01. The average Bonchev–Trinajstić information content (AvgIpc) is 2.89. The van der Waals surface area contributed by atoms with E-state index in [0.29, 0.717) is 26.1 Å². The van der Waals surface area contributed by atoms with Gasteiger partial charge in [-0.1, -0.05) is 36.4 Å². The maximum Gasteiger partial charge on any atom is 0.227 e. The van der Waals surface area contributed by atoms with Crippen molar-refractivity contribution in [2.24, 2.45) is 0 Å². The number of carbonyl (C=O) groups is 1. The molecule has 0 unspecified atom stereocenters. The minimum Gasteiger partial charge on any atom is -0.497 e. The SMILES string of the molecule is COc1ccc(CC(=O)N2CCN(c3nnc(-c4ccc(F)cc4)c4ccccc34)[C@@H](C)C2)cc1.Cl. The highest BCUT2D eigenvalue weighted by atomic mass is 35.5. The number of hydrogen-bond acceptors (Lipinski definition) is 5. The molecule has 2 heterocycles. The molecule has 0 spiro atoms. The Morgan fingerprint density at radius 2 is 1.67 bits per heavy atom. The topological polar surface area (TPSA) is 58.6 Å². The fourth-order valence-electron chi connectivity index (χ4n) is 4.65. The van der Waals surface area contributed by atoms with Gasteiger partial charge >= 0.3 is 0 Å². The minimum atomic E-state index is -0.282. The van der Waals surface area contributed by atoms with Gasteiger partial charge in [-0.2, -0.15) is 0 Å². The van der Waals surface area contributed by atoms with Crippen LogP contribution >= 0.6 is 12.4 Å². The average molecular weight is 507 g/mol. The summed E-state index contributed by atoms with van der Waals surface area (Å²) in [4.78, 5) is 17.1. The number of methoxy groups -OCH3 is 1. The summed E-state index contributed by atoms with van der Waals surface area (Å²) in [7, 11) is 1.63. The maximum atomic E-state index is 13.4. The zero-order valence-electron chi connectivity index (χ0n) is 20.2. The third-order valence-corrected chi connectivity index (χ3v) is 6.55. The van der Waals surface area contributed by atoms with E-state index in [9.17, 15) is 9.18 Å². The van der Waals surface area contributed by atoms with E-state index in [-0.39, 0.29) is 30.2 Å². The highest BCUT2D eigenvalue weighted by Gasteiger charge is 2.29. The van der Waals surface area contributed by atoms with Gasteiger partial charge < -0.3 is 14.5 Å². The molecule has 1 saturated heterocycles. The van der Waals surface area contributed by atoms with Gasteiger partial charge in [0.1, 0.15) is 17.3 Å². The van der Waals surface area contributed by atoms with Crippen molar-refractivity contribution in [3.63, 3.8) is 0 Å². The Morgan fingerprint density at radius 3 is 2.33 bits per heavy atom. The van der Waals surface area contributed by atoms with Gasteiger partial charge in [0.05, 0.1) is 13.5 Å². The van der Waals surface area contributed by atoms with E-state index in [2.05, 4.69) is 22.0 Å². The molecule has 1 aromatic heterocycles. The third kappa shape index (κ3) is 5.11. The molecule has 1 aliphatic rings. The molecule has 0 bridgehead atoms. The van der Waals surface area contributed by atoms with Gasteiger partial charge in [-0.05, 0) is 48.9 Å². The second kappa shape index (κ2) is 10.9. The van der Waals surface area contributed by atoms with Crippen molar-refractivity contribution >= 4 is 34.9 Å². The first kappa shape index (κ1) is 25.4. The molecular weight excluding hydrogens is 479 g/mol. The molecule has 3 aromatic carbocycles. The molecule has 4 aromatic rings. The van der Waals surface area contributed by atoms with Crippen molar-refractivity contribution in [2.45, 2.75) is 19.4 Å². The van der Waals surface area contributed by atoms with Crippen molar-refractivity contribution < 1.29 is 13.9 Å². The molecule has 186 valence electrons. The second-order valence-corrected chi connectivity index (χ2v) is 8.83. The van der Waals surface area contributed by atoms with Crippen molar-refractivity contribution in [3.8, 4) is 17.0 Å². The number of nitrogens with zero attached hydrogens (tertiary/aromatic N) is 4. The molecule has 36 heavy (non-hydrogen) atoms. The lowest BCUT2D eigenvalue weighted by molar-refractivity contribution is -0.131. The minimum absolute atomic E-state index is 0. The quantitative estimate of drug-likeness (QED) is 0.375. The molecule has 0 radical (unpaired) electrons. The van der Waals surface area contributed by atoms with Crippen LogP contribution < -0.4 is 9.64 Å². The maximum absolute atomic E-state index is 13.4. The highest BCUT2D eigenvalue weighted by molar-refractivity contribution is 6.00. The van der Waals surface area contributed by atoms with Crippen molar-refractivity contribution in [2.75, 3.05) is 31.6 Å². The smallest absolute Gasteiger partial charge is 0.227 e. The second-order valence-electron chi connectivity index (χ2n) is 8.83. The zero-order valence-corrected chi connectivity index (χ0v) is 21.0. The molecule has 6 nitrogen and oxygen atoms in total. The zero-order chi connectivity index (χ0) is 24.4. The summed E-state index contributed by atoms with van der Waals surface area (Å²) in [6.07, 6.45) is 0.367. The van der Waals surface area contributed by atoms with Gasteiger partial charge in [-0.15, -0.1) is 22.6 Å². The van der Waals surface area contributed by atoms with Crippen LogP contribution in [0.1, 0.15) is 12.5 Å². The van der Waals surface area contributed by atoms with Gasteiger partial charge in [-0.3, -0.25) is 4.79 Å². The van der Waals surface area contributed by atoms with Gasteiger partial charge in [0, 0.05) is 42.0 Å². The summed E-state index contributed by atoms with van der Waals surface area (Å²) >= 11 is 0. The first-order chi connectivity index (χ1) is 17.0. The molecule has 1 aliphatic heterocycles. The number of carbonyl (C=O) groups excluding carboxylic acids is 1. The summed E-state index contributed by atoms with van der Waals surface area (Å²) in [6, 6.07) is 22.0. The van der Waals surface area contributed by atoms with Crippen LogP contribution in [0, 0.1) is 5.82 Å². The largest absolute Gasteiger partial charge is 0.497 e. The monoisotopic (exact) mass is 506 g/mol. The fraction of sp³-hybridized carbons (Fsp3) is 0.250. The summed E-state index contributed by atoms with van der Waals surface area (Å²) in [5.41, 5.74) is 2.52. The Bertz CT molecular complexity index is 1350. The van der Waals surface area contributed by atoms with Crippen LogP contribution in [0.15, 0.2) is 72.8 Å². The molecule has 1 amide bonds. The van der Waals surface area contributed by atoms with Crippen molar-refractivity contribution in [1.82, 2.24) is 15.1 Å². The van der Waals surface area contributed by atoms with E-state index in [1.54, 1.807) is 19.2 Å². The van der Waals surface area contributed by atoms with Crippen LogP contribution in [0.4, 0.5) is 10.2 Å². The highest BCUT2D eigenvalue weighted by Crippen LogP contribution is 2.33. The lowest BCUT2D eigenvalue weighted by Crippen LogP contribution is -2.54. The van der Waals surface area contributed by atoms with Crippen molar-refractivity contribution in [1.29, 1.82) is 0 Å². The van der Waals surface area contributed by atoms with Crippen molar-refractivity contribution in [3.05, 3.63) is 84.2 Å². The number of amides is 1. The first-order valence-corrected chi connectivity index (χ1v) is 11.7. The lowest BCUT2D eigenvalue weighted by Gasteiger charge is -2.40. The van der Waals surface area contributed by atoms with Crippen LogP contribution in [-0.4, -0.2) is 53.8 Å². The van der Waals surface area contributed by atoms with Gasteiger partial charge in [0.15, 0.2) is 5.82 Å². The molecule has 0 aliphatic carbocycles. The lowest BCUT2D eigenvalue weighted by atomic mass is 10.0. The summed E-state index contributed by atoms with van der Waals surface area (Å²) < 4.78 is 18.6. The number of fused-ring (bicyclic) bond motifs is 1. The Labute approximate surface area is 216 Å². The van der Waals surface area contributed by atoms with Gasteiger partial charge in [-0.25, -0.2) is 4.39 Å². The van der Waals surface area contributed by atoms with E-state index in [1.165, 1.54) is 12.1 Å². The third-order valence-electron chi connectivity index (χ3n) is 6.55. The fourth-order valence-corrected chi connectivity index (χ4v) is 4.65. The number of rotatable bonds is 5. The van der Waals surface area contributed by atoms with E-state index >= 15 is 0 Å². The Balaban J connectivity index is 0.00000304. The van der Waals surface area contributed by atoms with E-state index in [4.69, 9.17) is 4.74 Å². The number of halogens is 2. The number of benzene rings is 3. The number of anilines is 1. The number of hydrogen-bond donors (Lipinski definition) is 0. The van der Waals surface area contributed by atoms with Crippen LogP contribution in [0.5, 0.6) is 5.75 Å². The first-order valence-electron chi connectivity index (χ1n) is 11.7.